The second kappa shape index (κ2) is 9.86. The van der Waals surface area contributed by atoms with E-state index < -0.39 is 12.1 Å². The SMILES string of the molecule is CSCCC(NC(=O)c1ccccc1Br)C(=O)NCC(C)O. The third kappa shape index (κ3) is 6.37. The number of carbonyl (C=O) groups is 2. The lowest BCUT2D eigenvalue weighted by Gasteiger charge is -2.19. The fourth-order valence-electron chi connectivity index (χ4n) is 1.76. The number of halogens is 1. The van der Waals surface area contributed by atoms with E-state index in [0.29, 0.717) is 16.5 Å². The van der Waals surface area contributed by atoms with Crippen molar-refractivity contribution < 1.29 is 14.7 Å². The molecule has 0 spiro atoms. The van der Waals surface area contributed by atoms with Gasteiger partial charge >= 0.3 is 0 Å². The minimum Gasteiger partial charge on any atom is -0.392 e. The Labute approximate surface area is 143 Å². The summed E-state index contributed by atoms with van der Waals surface area (Å²) in [5.41, 5.74) is 0.486. The van der Waals surface area contributed by atoms with Gasteiger partial charge in [-0.15, -0.1) is 0 Å². The maximum Gasteiger partial charge on any atom is 0.253 e. The van der Waals surface area contributed by atoms with Crippen LogP contribution < -0.4 is 10.6 Å². The second-order valence-electron chi connectivity index (χ2n) is 4.88. The normalized spacial score (nSPS) is 13.3. The van der Waals surface area contributed by atoms with Crippen molar-refractivity contribution in [2.75, 3.05) is 18.6 Å². The van der Waals surface area contributed by atoms with Crippen molar-refractivity contribution in [3.05, 3.63) is 34.3 Å². The lowest BCUT2D eigenvalue weighted by atomic mass is 10.1. The van der Waals surface area contributed by atoms with Crippen LogP contribution in [0.1, 0.15) is 23.7 Å². The number of thioether (sulfide) groups is 1. The Morgan fingerprint density at radius 1 is 1.36 bits per heavy atom. The third-order valence-corrected chi connectivity index (χ3v) is 4.26. The first-order valence-electron chi connectivity index (χ1n) is 6.95. The Morgan fingerprint density at radius 3 is 2.64 bits per heavy atom. The molecule has 3 N–H and O–H groups in total. The number of benzene rings is 1. The van der Waals surface area contributed by atoms with Crippen LogP contribution >= 0.6 is 27.7 Å². The Bertz CT molecular complexity index is 511. The summed E-state index contributed by atoms with van der Waals surface area (Å²) in [6.45, 7) is 1.76. The van der Waals surface area contributed by atoms with E-state index in [0.717, 1.165) is 5.75 Å². The van der Waals surface area contributed by atoms with Crippen molar-refractivity contribution in [2.24, 2.45) is 0 Å². The molecule has 122 valence electrons. The molecule has 2 unspecified atom stereocenters. The zero-order valence-corrected chi connectivity index (χ0v) is 15.0. The summed E-state index contributed by atoms with van der Waals surface area (Å²) < 4.78 is 0.681. The average molecular weight is 389 g/mol. The molecule has 2 amide bonds. The van der Waals surface area contributed by atoms with Crippen LogP contribution in [0.3, 0.4) is 0 Å². The molecule has 1 aromatic carbocycles. The molecule has 0 aliphatic heterocycles. The van der Waals surface area contributed by atoms with Crippen molar-refractivity contribution in [3.8, 4) is 0 Å². The summed E-state index contributed by atoms with van der Waals surface area (Å²) in [6, 6.07) is 6.44. The van der Waals surface area contributed by atoms with E-state index in [1.54, 1.807) is 36.9 Å². The summed E-state index contributed by atoms with van der Waals surface area (Å²) in [5, 5.41) is 14.6. The van der Waals surface area contributed by atoms with Gasteiger partial charge in [-0.1, -0.05) is 12.1 Å². The zero-order valence-electron chi connectivity index (χ0n) is 12.6. The number of hydrogen-bond acceptors (Lipinski definition) is 4. The maximum absolute atomic E-state index is 12.3. The van der Waals surface area contributed by atoms with E-state index in [-0.39, 0.29) is 18.4 Å². The molecule has 22 heavy (non-hydrogen) atoms. The average Bonchev–Trinajstić information content (AvgIpc) is 2.49. The third-order valence-electron chi connectivity index (χ3n) is 2.92. The van der Waals surface area contributed by atoms with Crippen LogP contribution in [0, 0.1) is 0 Å². The molecule has 7 heteroatoms. The van der Waals surface area contributed by atoms with Crippen molar-refractivity contribution in [2.45, 2.75) is 25.5 Å². The van der Waals surface area contributed by atoms with E-state index in [1.807, 2.05) is 12.3 Å². The number of aliphatic hydroxyl groups excluding tert-OH is 1. The summed E-state index contributed by atoms with van der Waals surface area (Å²) >= 11 is 4.94. The molecule has 0 heterocycles. The summed E-state index contributed by atoms with van der Waals surface area (Å²) in [7, 11) is 0. The lowest BCUT2D eigenvalue weighted by molar-refractivity contribution is -0.123. The topological polar surface area (TPSA) is 78.4 Å². The predicted octanol–water partition coefficient (Wildman–Crippen LogP) is 1.80. The van der Waals surface area contributed by atoms with Crippen LogP contribution in [0.2, 0.25) is 0 Å². The van der Waals surface area contributed by atoms with Gasteiger partial charge in [0.15, 0.2) is 0 Å². The van der Waals surface area contributed by atoms with Gasteiger partial charge in [0.05, 0.1) is 11.7 Å². The largest absolute Gasteiger partial charge is 0.392 e. The lowest BCUT2D eigenvalue weighted by Crippen LogP contribution is -2.48. The number of aliphatic hydroxyl groups is 1. The maximum atomic E-state index is 12.3. The highest BCUT2D eigenvalue weighted by molar-refractivity contribution is 9.10. The minimum atomic E-state index is -0.621. The first-order chi connectivity index (χ1) is 10.5. The van der Waals surface area contributed by atoms with Crippen LogP contribution in [0.25, 0.3) is 0 Å². The van der Waals surface area contributed by atoms with Crippen molar-refractivity contribution in [1.29, 1.82) is 0 Å². The molecule has 0 saturated heterocycles. The van der Waals surface area contributed by atoms with Gasteiger partial charge in [-0.25, -0.2) is 0 Å². The van der Waals surface area contributed by atoms with E-state index in [9.17, 15) is 14.7 Å². The molecule has 1 aromatic rings. The Balaban J connectivity index is 2.73. The summed E-state index contributed by atoms with van der Waals surface area (Å²) in [6.07, 6.45) is 1.85. The molecule has 0 aliphatic rings. The molecular formula is C15H21BrN2O3S. The number of hydrogen-bond donors (Lipinski definition) is 3. The summed E-state index contributed by atoms with van der Waals surface area (Å²) in [5.74, 6) is 0.171. The summed E-state index contributed by atoms with van der Waals surface area (Å²) in [4.78, 5) is 24.5. The van der Waals surface area contributed by atoms with Gasteiger partial charge in [0.25, 0.3) is 5.91 Å². The highest BCUT2D eigenvalue weighted by atomic mass is 79.9. The molecule has 0 radical (unpaired) electrons. The number of amides is 2. The van der Waals surface area contributed by atoms with Crippen LogP contribution in [0.4, 0.5) is 0 Å². The van der Waals surface area contributed by atoms with Crippen molar-refractivity contribution in [3.63, 3.8) is 0 Å². The smallest absolute Gasteiger partial charge is 0.253 e. The van der Waals surface area contributed by atoms with Crippen LogP contribution in [0.5, 0.6) is 0 Å². The van der Waals surface area contributed by atoms with Gasteiger partial charge in [0.2, 0.25) is 5.91 Å². The molecule has 0 fully saturated rings. The molecule has 0 aliphatic carbocycles. The first kappa shape index (κ1) is 19.0. The highest BCUT2D eigenvalue weighted by Crippen LogP contribution is 2.16. The van der Waals surface area contributed by atoms with E-state index in [2.05, 4.69) is 26.6 Å². The molecule has 0 saturated carbocycles. The fraction of sp³-hybridized carbons (Fsp3) is 0.467. The Kier molecular flexibility index (Phi) is 8.52. The Hall–Kier alpha value is -1.05. The van der Waals surface area contributed by atoms with E-state index in [1.165, 1.54) is 0 Å². The van der Waals surface area contributed by atoms with Crippen molar-refractivity contribution in [1.82, 2.24) is 10.6 Å². The number of nitrogens with one attached hydrogen (secondary N) is 2. The molecule has 5 nitrogen and oxygen atoms in total. The fourth-order valence-corrected chi connectivity index (χ4v) is 2.69. The molecular weight excluding hydrogens is 368 g/mol. The zero-order chi connectivity index (χ0) is 16.5. The van der Waals surface area contributed by atoms with Crippen molar-refractivity contribution >= 4 is 39.5 Å². The van der Waals surface area contributed by atoms with E-state index >= 15 is 0 Å². The van der Waals surface area contributed by atoms with Gasteiger partial charge in [-0.2, -0.15) is 11.8 Å². The van der Waals surface area contributed by atoms with Gasteiger partial charge in [0.1, 0.15) is 6.04 Å². The van der Waals surface area contributed by atoms with Crippen LogP contribution in [-0.4, -0.2) is 47.6 Å². The first-order valence-corrected chi connectivity index (χ1v) is 9.14. The monoisotopic (exact) mass is 388 g/mol. The number of rotatable bonds is 8. The van der Waals surface area contributed by atoms with E-state index in [4.69, 9.17) is 0 Å². The highest BCUT2D eigenvalue weighted by Gasteiger charge is 2.22. The van der Waals surface area contributed by atoms with Gasteiger partial charge in [-0.3, -0.25) is 9.59 Å². The van der Waals surface area contributed by atoms with Crippen LogP contribution in [-0.2, 0) is 4.79 Å². The molecule has 2 atom stereocenters. The minimum absolute atomic E-state index is 0.166. The molecule has 0 bridgehead atoms. The van der Waals surface area contributed by atoms with Gasteiger partial charge < -0.3 is 15.7 Å². The predicted molar refractivity (Wildman–Crippen MR) is 93.1 cm³/mol. The number of carbonyl (C=O) groups excluding carboxylic acids is 2. The molecule has 0 aromatic heterocycles. The standard InChI is InChI=1S/C15H21BrN2O3S/c1-10(19)9-17-15(21)13(7-8-22-2)18-14(20)11-5-3-4-6-12(11)16/h3-6,10,13,19H,7-9H2,1-2H3,(H,17,21)(H,18,20). The van der Waals surface area contributed by atoms with Gasteiger partial charge in [0, 0.05) is 11.0 Å². The quantitative estimate of drug-likeness (QED) is 0.634. The second-order valence-corrected chi connectivity index (χ2v) is 6.72. The van der Waals surface area contributed by atoms with Gasteiger partial charge in [-0.05, 0) is 53.4 Å². The molecule has 1 rings (SSSR count). The van der Waals surface area contributed by atoms with Crippen LogP contribution in [0.15, 0.2) is 28.7 Å². The Morgan fingerprint density at radius 2 is 2.05 bits per heavy atom.